The number of carbonyl (C=O) groups excluding carboxylic acids is 3. The van der Waals surface area contributed by atoms with Crippen molar-refractivity contribution in [2.75, 3.05) is 33.9 Å². The maximum absolute atomic E-state index is 14.4. The molecule has 1 aromatic carbocycles. The van der Waals surface area contributed by atoms with Gasteiger partial charge in [-0.3, -0.25) is 24.1 Å². The third-order valence-corrected chi connectivity index (χ3v) is 11.1. The maximum atomic E-state index is 14.4. The molecule has 0 unspecified atom stereocenters. The van der Waals surface area contributed by atoms with E-state index in [0.717, 1.165) is 42.7 Å². The average Bonchev–Trinajstić information content (AvgIpc) is 3.61. The van der Waals surface area contributed by atoms with Gasteiger partial charge in [-0.2, -0.15) is 0 Å². The van der Waals surface area contributed by atoms with E-state index in [1.165, 1.54) is 12.1 Å². The molecule has 1 aliphatic heterocycles. The monoisotopic (exact) mass is 745 g/mol. The van der Waals surface area contributed by atoms with Gasteiger partial charge in [-0.15, -0.1) is 11.3 Å². The fourth-order valence-corrected chi connectivity index (χ4v) is 7.47. The summed E-state index contributed by atoms with van der Waals surface area (Å²) >= 11 is 1.13. The van der Waals surface area contributed by atoms with E-state index in [1.807, 2.05) is 39.6 Å². The van der Waals surface area contributed by atoms with Gasteiger partial charge in [0.1, 0.15) is 28.6 Å². The van der Waals surface area contributed by atoms with Crippen LogP contribution in [-0.4, -0.2) is 112 Å². The standard InChI is InChI=1S/C38H59N5O8S/c1-8-24(4)33(41-35(47)30-11-9-10-16-42(30)6)37(48)43(17-18-51-7)31(23(2)3)21-32(45)36-40-29(22-52-36)34(46)39-27(19-25(5)38(49)50)20-26-12-14-28(44)15-13-26/h12-15,22-25,27,30-33,44-45H,8-11,16-21H2,1-7H3,(H,39,46)(H,41,47)(H,49,50)/t24-,25-,27+,30+,31+,32+,33-/m0/s1. The molecule has 0 radical (unpaired) electrons. The number of aliphatic hydroxyl groups excluding tert-OH is 1. The van der Waals surface area contributed by atoms with Gasteiger partial charge < -0.3 is 35.6 Å². The number of aromatic hydroxyl groups is 1. The van der Waals surface area contributed by atoms with Crippen LogP contribution in [0.1, 0.15) is 100 Å². The minimum absolute atomic E-state index is 0.0761. The van der Waals surface area contributed by atoms with Gasteiger partial charge in [0.15, 0.2) is 0 Å². The van der Waals surface area contributed by atoms with Crippen molar-refractivity contribution in [1.29, 1.82) is 0 Å². The molecule has 14 heteroatoms. The number of carboxylic acid groups (broad SMARTS) is 1. The zero-order valence-corrected chi connectivity index (χ0v) is 32.5. The summed E-state index contributed by atoms with van der Waals surface area (Å²) in [6.45, 7) is 10.8. The predicted octanol–water partition coefficient (Wildman–Crippen LogP) is 4.24. The van der Waals surface area contributed by atoms with Crippen LogP contribution in [0.4, 0.5) is 0 Å². The smallest absolute Gasteiger partial charge is 0.306 e. The zero-order valence-electron chi connectivity index (χ0n) is 31.7. The molecule has 0 spiro atoms. The third kappa shape index (κ3) is 12.2. The van der Waals surface area contributed by atoms with Crippen molar-refractivity contribution >= 4 is 35.0 Å². The van der Waals surface area contributed by atoms with Crippen LogP contribution in [0.25, 0.3) is 0 Å². The van der Waals surface area contributed by atoms with Gasteiger partial charge in [0.05, 0.1) is 18.6 Å². The van der Waals surface area contributed by atoms with E-state index in [1.54, 1.807) is 36.4 Å². The summed E-state index contributed by atoms with van der Waals surface area (Å²) in [6.07, 6.45) is 3.00. The Morgan fingerprint density at radius 1 is 1.08 bits per heavy atom. The number of nitrogens with one attached hydrogen (secondary N) is 2. The minimum Gasteiger partial charge on any atom is -0.508 e. The Balaban J connectivity index is 1.79. The lowest BCUT2D eigenvalue weighted by molar-refractivity contribution is -0.143. The van der Waals surface area contributed by atoms with Gasteiger partial charge in [0.2, 0.25) is 11.8 Å². The summed E-state index contributed by atoms with van der Waals surface area (Å²) in [5.74, 6) is -2.66. The molecule has 3 amide bonds. The second kappa shape index (κ2) is 20.6. The molecule has 5 N–H and O–H groups in total. The first-order valence-corrected chi connectivity index (χ1v) is 19.3. The number of likely N-dealkylation sites (N-methyl/N-ethyl adjacent to an activating group) is 1. The Bertz CT molecular complexity index is 1450. The van der Waals surface area contributed by atoms with E-state index in [0.29, 0.717) is 17.8 Å². The van der Waals surface area contributed by atoms with E-state index in [9.17, 15) is 34.5 Å². The number of aliphatic hydroxyl groups is 1. The second-order valence-electron chi connectivity index (χ2n) is 14.5. The SMILES string of the molecule is CC[C@H](C)[C@H](NC(=O)[C@H]1CCCCN1C)C(=O)N(CCOC)[C@H](C[C@@H](O)c1nc(C(=O)N[C@@H](Cc2ccc(O)cc2)C[C@H](C)C(=O)O)cs1)C(C)C. The lowest BCUT2D eigenvalue weighted by Crippen LogP contribution is -2.59. The fourth-order valence-electron chi connectivity index (χ4n) is 6.68. The first kappa shape index (κ1) is 42.8. The Labute approximate surface area is 312 Å². The molecule has 1 fully saturated rings. The van der Waals surface area contributed by atoms with Gasteiger partial charge in [0, 0.05) is 37.5 Å². The number of ether oxygens (including phenoxy) is 1. The number of phenols is 1. The normalized spacial score (nSPS) is 18.5. The Morgan fingerprint density at radius 3 is 2.37 bits per heavy atom. The molecule has 1 aliphatic rings. The first-order valence-electron chi connectivity index (χ1n) is 18.4. The molecule has 0 aliphatic carbocycles. The molecule has 1 aromatic heterocycles. The number of rotatable bonds is 20. The van der Waals surface area contributed by atoms with Crippen LogP contribution < -0.4 is 10.6 Å². The molecular weight excluding hydrogens is 687 g/mol. The van der Waals surface area contributed by atoms with Gasteiger partial charge in [-0.1, -0.05) is 59.6 Å². The molecule has 13 nitrogen and oxygen atoms in total. The molecule has 290 valence electrons. The number of benzene rings is 1. The molecule has 0 saturated carbocycles. The molecule has 1 saturated heterocycles. The quantitative estimate of drug-likeness (QED) is 0.132. The van der Waals surface area contributed by atoms with Crippen molar-refractivity contribution in [3.8, 4) is 5.75 Å². The zero-order chi connectivity index (χ0) is 38.5. The Morgan fingerprint density at radius 2 is 1.77 bits per heavy atom. The maximum Gasteiger partial charge on any atom is 0.306 e. The number of aliphatic carboxylic acids is 1. The highest BCUT2D eigenvalue weighted by Gasteiger charge is 2.38. The van der Waals surface area contributed by atoms with Crippen molar-refractivity contribution in [1.82, 2.24) is 25.4 Å². The number of carbonyl (C=O) groups is 4. The van der Waals surface area contributed by atoms with Crippen molar-refractivity contribution in [2.45, 2.75) is 110 Å². The van der Waals surface area contributed by atoms with E-state index >= 15 is 0 Å². The van der Waals surface area contributed by atoms with Crippen LogP contribution in [0.2, 0.25) is 0 Å². The molecule has 2 aromatic rings. The number of hydrogen-bond donors (Lipinski definition) is 5. The highest BCUT2D eigenvalue weighted by atomic mass is 32.1. The van der Waals surface area contributed by atoms with Crippen molar-refractivity contribution < 1.29 is 39.2 Å². The number of amides is 3. The highest BCUT2D eigenvalue weighted by molar-refractivity contribution is 7.09. The number of carboxylic acids is 1. The first-order chi connectivity index (χ1) is 24.7. The van der Waals surface area contributed by atoms with Crippen LogP contribution in [0, 0.1) is 17.8 Å². The van der Waals surface area contributed by atoms with Crippen LogP contribution >= 0.6 is 11.3 Å². The Kier molecular flexibility index (Phi) is 17.0. The fraction of sp³-hybridized carbons (Fsp3) is 0.658. The van der Waals surface area contributed by atoms with Crippen LogP contribution in [0.5, 0.6) is 5.75 Å². The van der Waals surface area contributed by atoms with Gasteiger partial charge >= 0.3 is 5.97 Å². The molecule has 2 heterocycles. The summed E-state index contributed by atoms with van der Waals surface area (Å²) in [7, 11) is 3.50. The number of piperidine rings is 1. The predicted molar refractivity (Wildman–Crippen MR) is 200 cm³/mol. The third-order valence-electron chi connectivity index (χ3n) is 10.2. The molecule has 3 rings (SSSR count). The minimum atomic E-state index is -1.09. The lowest BCUT2D eigenvalue weighted by Gasteiger charge is -2.39. The molecule has 0 bridgehead atoms. The number of likely N-dealkylation sites (tertiary alicyclic amines) is 1. The lowest BCUT2D eigenvalue weighted by atomic mass is 9.92. The van der Waals surface area contributed by atoms with E-state index < -0.39 is 42.0 Å². The second-order valence-corrected chi connectivity index (χ2v) is 15.4. The average molecular weight is 746 g/mol. The highest BCUT2D eigenvalue weighted by Crippen LogP contribution is 2.29. The largest absolute Gasteiger partial charge is 0.508 e. The summed E-state index contributed by atoms with van der Waals surface area (Å²) in [4.78, 5) is 61.2. The summed E-state index contributed by atoms with van der Waals surface area (Å²) in [6, 6.07) is 4.50. The van der Waals surface area contributed by atoms with Crippen LogP contribution in [0.15, 0.2) is 29.6 Å². The number of nitrogens with zero attached hydrogens (tertiary/aromatic N) is 3. The number of hydrogen-bond acceptors (Lipinski definition) is 10. The molecule has 52 heavy (non-hydrogen) atoms. The molecular formula is C38H59N5O8S. The molecule has 7 atom stereocenters. The number of aromatic nitrogens is 1. The van der Waals surface area contributed by atoms with Gasteiger partial charge in [-0.25, -0.2) is 4.98 Å². The number of methoxy groups -OCH3 is 1. The summed E-state index contributed by atoms with van der Waals surface area (Å²) < 4.78 is 5.39. The van der Waals surface area contributed by atoms with Crippen LogP contribution in [-0.2, 0) is 25.5 Å². The Hall–Kier alpha value is -3.59. The van der Waals surface area contributed by atoms with Crippen molar-refractivity contribution in [2.24, 2.45) is 17.8 Å². The summed E-state index contributed by atoms with van der Waals surface area (Å²) in [5.41, 5.74) is 0.914. The van der Waals surface area contributed by atoms with Gasteiger partial charge in [-0.05, 0) is 68.8 Å². The van der Waals surface area contributed by atoms with E-state index in [2.05, 4.69) is 15.6 Å². The van der Waals surface area contributed by atoms with E-state index in [4.69, 9.17) is 4.74 Å². The van der Waals surface area contributed by atoms with Crippen molar-refractivity contribution in [3.63, 3.8) is 0 Å². The van der Waals surface area contributed by atoms with Crippen LogP contribution in [0.3, 0.4) is 0 Å². The van der Waals surface area contributed by atoms with Gasteiger partial charge in [0.25, 0.3) is 5.91 Å². The van der Waals surface area contributed by atoms with Crippen molar-refractivity contribution in [3.05, 3.63) is 45.9 Å². The number of phenolic OH excluding ortho intramolecular Hbond substituents is 1. The van der Waals surface area contributed by atoms with E-state index in [-0.39, 0.29) is 67.1 Å². The topological polar surface area (TPSA) is 182 Å². The number of thiazole rings is 1. The summed E-state index contributed by atoms with van der Waals surface area (Å²) in [5, 5.41) is 38.5.